The second-order valence-electron chi connectivity index (χ2n) is 26.5. The van der Waals surface area contributed by atoms with Gasteiger partial charge in [-0.15, -0.1) is 0 Å². The smallest absolute Gasteiger partial charge is 0.132 e. The van der Waals surface area contributed by atoms with Crippen LogP contribution in [0.1, 0.15) is 319 Å². The number of unbranched alkanes of at least 4 members (excludes halogenated alkanes) is 27. The standard InChI is InChI=1S/C64H116O2/c1-10-11-12-13-14-15-16-17-18-19-20-21-24-27-30-33-36-39-54(65)40-37-34-31-28-25-22-23-26-29-32-35-38-51-66-58-45-47-62(7)56(60(58,4)5)44-48-64(9)57(62)42-41-55-59-53(3)52(2)43-46-61(59,6)49-50-63(55,64)8/h41,52-53,56-59H,10-40,42-51H2,1-9H3/t52-,53+,56+,57-,58+,59+,61-,62+,63-,64-/m1/s1. The lowest BCUT2D eigenvalue weighted by Gasteiger charge is -2.71. The number of carbonyl (C=O) groups excluding carboxylic acids is 1. The van der Waals surface area contributed by atoms with Crippen LogP contribution in [0.25, 0.3) is 0 Å². The van der Waals surface area contributed by atoms with Crippen LogP contribution in [-0.2, 0) is 9.53 Å². The summed E-state index contributed by atoms with van der Waals surface area (Å²) in [6.45, 7) is 24.6. The summed E-state index contributed by atoms with van der Waals surface area (Å²) in [5.74, 6) is 4.57. The van der Waals surface area contributed by atoms with Crippen molar-refractivity contribution in [2.75, 3.05) is 6.61 Å². The number of Topliss-reactive ketones (excluding diaryl/α,β-unsaturated/α-hetero) is 1. The molecule has 0 aliphatic heterocycles. The Hall–Kier alpha value is -0.630. The van der Waals surface area contributed by atoms with Crippen molar-refractivity contribution >= 4 is 5.78 Å². The van der Waals surface area contributed by atoms with Gasteiger partial charge in [-0.05, 0) is 134 Å². The number of hydrogen-bond acceptors (Lipinski definition) is 2. The molecule has 5 aliphatic carbocycles. The molecule has 384 valence electrons. The molecule has 0 bridgehead atoms. The van der Waals surface area contributed by atoms with Crippen LogP contribution < -0.4 is 0 Å². The highest BCUT2D eigenvalue weighted by atomic mass is 16.5. The van der Waals surface area contributed by atoms with E-state index in [-0.39, 0.29) is 5.41 Å². The number of ketones is 1. The minimum atomic E-state index is 0.250. The Morgan fingerprint density at radius 2 is 1.00 bits per heavy atom. The molecule has 0 spiro atoms. The zero-order valence-corrected chi connectivity index (χ0v) is 46.3. The minimum absolute atomic E-state index is 0.250. The van der Waals surface area contributed by atoms with Crippen LogP contribution >= 0.6 is 0 Å². The Bertz CT molecular complexity index is 1390. The molecule has 0 heterocycles. The van der Waals surface area contributed by atoms with Crippen LogP contribution in [0, 0.1) is 56.7 Å². The van der Waals surface area contributed by atoms with Gasteiger partial charge in [-0.25, -0.2) is 0 Å². The Balaban J connectivity index is 0.821. The van der Waals surface area contributed by atoms with Crippen molar-refractivity contribution < 1.29 is 9.53 Å². The largest absolute Gasteiger partial charge is 0.378 e. The van der Waals surface area contributed by atoms with Gasteiger partial charge in [0, 0.05) is 19.4 Å². The summed E-state index contributed by atoms with van der Waals surface area (Å²) in [5, 5.41) is 0. The first kappa shape index (κ1) is 56.3. The van der Waals surface area contributed by atoms with E-state index >= 15 is 0 Å². The van der Waals surface area contributed by atoms with Gasteiger partial charge < -0.3 is 4.74 Å². The fraction of sp³-hybridized carbons (Fsp3) is 0.953. The highest BCUT2D eigenvalue weighted by Gasteiger charge is 2.68. The molecule has 0 radical (unpaired) electrons. The summed E-state index contributed by atoms with van der Waals surface area (Å²) in [7, 11) is 0. The molecule has 0 aromatic rings. The van der Waals surface area contributed by atoms with Crippen molar-refractivity contribution in [2.45, 2.75) is 325 Å². The van der Waals surface area contributed by atoms with Crippen LogP contribution in [0.5, 0.6) is 0 Å². The zero-order chi connectivity index (χ0) is 47.5. The molecule has 5 rings (SSSR count). The molecule has 2 heteroatoms. The Kier molecular flexibility index (Phi) is 23.7. The van der Waals surface area contributed by atoms with E-state index in [2.05, 4.69) is 68.4 Å². The number of allylic oxidation sites excluding steroid dienone is 2. The van der Waals surface area contributed by atoms with Gasteiger partial charge in [0.25, 0.3) is 0 Å². The Morgan fingerprint density at radius 3 is 1.50 bits per heavy atom. The van der Waals surface area contributed by atoms with Crippen LogP contribution in [0.15, 0.2) is 11.6 Å². The Labute approximate surface area is 413 Å². The summed E-state index contributed by atoms with van der Waals surface area (Å²) in [6.07, 6.45) is 57.2. The van der Waals surface area contributed by atoms with E-state index in [9.17, 15) is 4.79 Å². The second kappa shape index (κ2) is 27.8. The molecule has 4 fully saturated rings. The molecule has 0 aromatic carbocycles. The first-order valence-electron chi connectivity index (χ1n) is 30.6. The van der Waals surface area contributed by atoms with Gasteiger partial charge in [0.15, 0.2) is 0 Å². The third-order valence-corrected chi connectivity index (χ3v) is 21.6. The highest BCUT2D eigenvalue weighted by molar-refractivity contribution is 5.78. The lowest BCUT2D eigenvalue weighted by atomic mass is 9.33. The Morgan fingerprint density at radius 1 is 0.530 bits per heavy atom. The lowest BCUT2D eigenvalue weighted by Crippen LogP contribution is -2.64. The fourth-order valence-electron chi connectivity index (χ4n) is 16.7. The van der Waals surface area contributed by atoms with Crippen molar-refractivity contribution in [3.63, 3.8) is 0 Å². The molecule has 5 aliphatic rings. The van der Waals surface area contributed by atoms with Gasteiger partial charge in [-0.1, -0.05) is 241 Å². The highest BCUT2D eigenvalue weighted by Crippen LogP contribution is 2.75. The van der Waals surface area contributed by atoms with E-state index in [4.69, 9.17) is 4.74 Å². The zero-order valence-electron chi connectivity index (χ0n) is 46.3. The summed E-state index contributed by atoms with van der Waals surface area (Å²) >= 11 is 0. The predicted molar refractivity (Wildman–Crippen MR) is 288 cm³/mol. The normalized spacial score (nSPS) is 33.7. The molecule has 66 heavy (non-hydrogen) atoms. The average molecular weight is 918 g/mol. The number of ether oxygens (including phenoxy) is 1. The molecule has 0 unspecified atom stereocenters. The number of hydrogen-bond donors (Lipinski definition) is 0. The fourth-order valence-corrected chi connectivity index (χ4v) is 16.7. The molecule has 0 amide bonds. The maximum atomic E-state index is 12.4. The average Bonchev–Trinajstić information content (AvgIpc) is 3.28. The van der Waals surface area contributed by atoms with E-state index < -0.39 is 0 Å². The summed E-state index contributed by atoms with van der Waals surface area (Å²) in [4.78, 5) is 12.4. The van der Waals surface area contributed by atoms with Crippen molar-refractivity contribution in [1.29, 1.82) is 0 Å². The lowest BCUT2D eigenvalue weighted by molar-refractivity contribution is -0.212. The van der Waals surface area contributed by atoms with Crippen molar-refractivity contribution in [1.82, 2.24) is 0 Å². The third kappa shape index (κ3) is 14.7. The van der Waals surface area contributed by atoms with Gasteiger partial charge in [0.05, 0.1) is 6.10 Å². The van der Waals surface area contributed by atoms with Gasteiger partial charge in [0.1, 0.15) is 5.78 Å². The van der Waals surface area contributed by atoms with E-state index in [1.165, 1.54) is 231 Å². The van der Waals surface area contributed by atoms with Gasteiger partial charge in [-0.2, -0.15) is 0 Å². The number of carbonyl (C=O) groups is 1. The predicted octanol–water partition coefficient (Wildman–Crippen LogP) is 20.7. The summed E-state index contributed by atoms with van der Waals surface area (Å²) in [6, 6.07) is 0. The monoisotopic (exact) mass is 917 g/mol. The van der Waals surface area contributed by atoms with Crippen molar-refractivity contribution in [2.24, 2.45) is 56.7 Å². The molecule has 2 nitrogen and oxygen atoms in total. The van der Waals surface area contributed by atoms with Gasteiger partial charge in [-0.3, -0.25) is 4.79 Å². The number of fused-ring (bicyclic) bond motifs is 7. The van der Waals surface area contributed by atoms with E-state index in [1.54, 1.807) is 0 Å². The molecular formula is C64H116O2. The second-order valence-corrected chi connectivity index (χ2v) is 26.5. The minimum Gasteiger partial charge on any atom is -0.378 e. The molecular weight excluding hydrogens is 801 g/mol. The van der Waals surface area contributed by atoms with E-state index in [0.29, 0.717) is 33.5 Å². The maximum absolute atomic E-state index is 12.4. The summed E-state index contributed by atoms with van der Waals surface area (Å²) in [5.41, 5.74) is 3.89. The topological polar surface area (TPSA) is 26.3 Å². The molecule has 4 saturated carbocycles. The van der Waals surface area contributed by atoms with Gasteiger partial charge in [0.2, 0.25) is 0 Å². The summed E-state index contributed by atoms with van der Waals surface area (Å²) < 4.78 is 6.89. The maximum Gasteiger partial charge on any atom is 0.132 e. The molecule has 0 N–H and O–H groups in total. The SMILES string of the molecule is CCCCCCCCCCCCCCCCCCCC(=O)CCCCCCCCCCCCCCO[C@H]1CC[C@]2(C)[C@H]3CC=C4[C@@H]5[C@@H](C)[C@H](C)CC[C@]5(C)CC[C@@]4(C)[C@]3(C)CC[C@H]2C1(C)C. The molecule has 10 atom stereocenters. The van der Waals surface area contributed by atoms with Crippen molar-refractivity contribution in [3.8, 4) is 0 Å². The first-order valence-corrected chi connectivity index (χ1v) is 30.6. The van der Waals surface area contributed by atoms with Crippen LogP contribution in [0.2, 0.25) is 0 Å². The quantitative estimate of drug-likeness (QED) is 0.0475. The number of rotatable bonds is 34. The van der Waals surface area contributed by atoms with Crippen LogP contribution in [0.3, 0.4) is 0 Å². The van der Waals surface area contributed by atoms with Crippen LogP contribution in [-0.4, -0.2) is 18.5 Å². The van der Waals surface area contributed by atoms with Gasteiger partial charge >= 0.3 is 0 Å². The first-order chi connectivity index (χ1) is 31.7. The molecule has 0 aromatic heterocycles. The van der Waals surface area contributed by atoms with Crippen molar-refractivity contribution in [3.05, 3.63) is 11.6 Å². The van der Waals surface area contributed by atoms with E-state index in [1.807, 2.05) is 5.57 Å². The molecule has 0 saturated heterocycles. The third-order valence-electron chi connectivity index (χ3n) is 21.6. The van der Waals surface area contributed by atoms with E-state index in [0.717, 1.165) is 61.9 Å². The van der Waals surface area contributed by atoms with Crippen LogP contribution in [0.4, 0.5) is 0 Å².